The first-order valence-corrected chi connectivity index (χ1v) is 7.95. The van der Waals surface area contributed by atoms with E-state index in [1.165, 1.54) is 31.0 Å². The number of hydrogen-bond donors (Lipinski definition) is 0. The summed E-state index contributed by atoms with van der Waals surface area (Å²) in [6.07, 6.45) is 2.49. The summed E-state index contributed by atoms with van der Waals surface area (Å²) < 4.78 is 43.2. The van der Waals surface area contributed by atoms with Crippen LogP contribution >= 0.6 is 0 Å². The van der Waals surface area contributed by atoms with Gasteiger partial charge in [0.25, 0.3) is 0 Å². The zero-order chi connectivity index (χ0) is 14.4. The van der Waals surface area contributed by atoms with Crippen LogP contribution in [-0.2, 0) is 14.9 Å². The molecule has 1 aliphatic heterocycles. The zero-order valence-electron chi connectivity index (χ0n) is 12.2. The van der Waals surface area contributed by atoms with E-state index in [9.17, 15) is 13.0 Å². The number of benzene rings is 1. The fourth-order valence-corrected chi connectivity index (χ4v) is 2.59. The van der Waals surface area contributed by atoms with Gasteiger partial charge in [0.05, 0.1) is 11.5 Å². The quantitative estimate of drug-likeness (QED) is 0.252. The molecule has 0 unspecified atom stereocenters. The Kier molecular flexibility index (Phi) is 7.74. The molecule has 0 bridgehead atoms. The summed E-state index contributed by atoms with van der Waals surface area (Å²) in [6, 6.07) is 5.48. The fourth-order valence-electron chi connectivity index (χ4n) is 2.09. The van der Waals surface area contributed by atoms with Crippen molar-refractivity contribution < 1.29 is 41.3 Å². The monoisotopic (exact) mass is 307 g/mol. The molecule has 1 fully saturated rings. The van der Waals surface area contributed by atoms with E-state index in [2.05, 4.69) is 4.90 Å². The predicted octanol–water partition coefficient (Wildman–Crippen LogP) is -1.96. The van der Waals surface area contributed by atoms with Gasteiger partial charge in [-0.2, -0.15) is 0 Å². The first kappa shape index (κ1) is 18.5. The molecular weight excluding hydrogens is 289 g/mol. The summed E-state index contributed by atoms with van der Waals surface area (Å²) in [6.45, 7) is 3.72. The van der Waals surface area contributed by atoms with Crippen LogP contribution in [0.2, 0.25) is 0 Å². The molecule has 112 valence electrons. The summed E-state index contributed by atoms with van der Waals surface area (Å²) in [5.74, 6) is 0.308. The van der Waals surface area contributed by atoms with Gasteiger partial charge in [-0.1, -0.05) is 6.07 Å². The van der Waals surface area contributed by atoms with Gasteiger partial charge in [-0.15, -0.1) is 0 Å². The fraction of sp³-hybridized carbons (Fsp3) is 0.538. The molecule has 1 aromatic carbocycles. The Morgan fingerprint density at radius 1 is 1.24 bits per heavy atom. The summed E-state index contributed by atoms with van der Waals surface area (Å²) >= 11 is 0. The standard InChI is InChI=1S/C13H19NO5S.Li/c15-20(16,17)13-5-3-4-12(10-13)19-11-18-9-8-14-6-1-2-7-14;/h3-5,10H,1-2,6-9,11H2,(H,15,16,17);/q;+1/p-1. The molecule has 6 nitrogen and oxygen atoms in total. The molecule has 0 aliphatic carbocycles. The van der Waals surface area contributed by atoms with Gasteiger partial charge in [-0.05, 0) is 44.1 Å². The largest absolute Gasteiger partial charge is 1.00 e. The Morgan fingerprint density at radius 3 is 2.62 bits per heavy atom. The van der Waals surface area contributed by atoms with Crippen molar-refractivity contribution in [3.05, 3.63) is 24.3 Å². The van der Waals surface area contributed by atoms with E-state index in [1.54, 1.807) is 6.07 Å². The Labute approximate surface area is 137 Å². The van der Waals surface area contributed by atoms with Gasteiger partial charge < -0.3 is 18.9 Å². The van der Waals surface area contributed by atoms with Gasteiger partial charge in [0.15, 0.2) is 6.79 Å². The van der Waals surface area contributed by atoms with Crippen LogP contribution < -0.4 is 23.6 Å². The van der Waals surface area contributed by atoms with E-state index in [-0.39, 0.29) is 30.5 Å². The van der Waals surface area contributed by atoms with Crippen LogP contribution in [0.1, 0.15) is 12.8 Å². The van der Waals surface area contributed by atoms with Crippen molar-refractivity contribution in [2.24, 2.45) is 0 Å². The zero-order valence-corrected chi connectivity index (χ0v) is 13.0. The number of likely N-dealkylation sites (tertiary alicyclic amines) is 1. The van der Waals surface area contributed by atoms with E-state index in [0.717, 1.165) is 19.6 Å². The number of hydrogen-bond acceptors (Lipinski definition) is 6. The minimum Gasteiger partial charge on any atom is -0.744 e. The van der Waals surface area contributed by atoms with Crippen LogP contribution in [0.25, 0.3) is 0 Å². The van der Waals surface area contributed by atoms with Crippen LogP contribution in [0.5, 0.6) is 5.75 Å². The molecule has 21 heavy (non-hydrogen) atoms. The first-order valence-electron chi connectivity index (χ1n) is 6.54. The molecule has 1 saturated heterocycles. The van der Waals surface area contributed by atoms with Crippen molar-refractivity contribution in [3.8, 4) is 5.75 Å². The molecule has 0 amide bonds. The molecule has 0 spiro atoms. The van der Waals surface area contributed by atoms with Crippen LogP contribution in [-0.4, -0.2) is 50.9 Å². The van der Waals surface area contributed by atoms with Crippen LogP contribution in [0.4, 0.5) is 0 Å². The molecular formula is C13H18LiNO5S. The summed E-state index contributed by atoms with van der Waals surface area (Å²) in [4.78, 5) is 2.03. The summed E-state index contributed by atoms with van der Waals surface area (Å²) in [5.41, 5.74) is 0. The van der Waals surface area contributed by atoms with Gasteiger partial charge in [0.2, 0.25) is 0 Å². The second-order valence-corrected chi connectivity index (χ2v) is 6.03. The van der Waals surface area contributed by atoms with Gasteiger partial charge in [0, 0.05) is 6.54 Å². The van der Waals surface area contributed by atoms with Gasteiger partial charge in [-0.25, -0.2) is 8.42 Å². The van der Waals surface area contributed by atoms with E-state index in [4.69, 9.17) is 9.47 Å². The normalized spacial score (nSPS) is 15.7. The Balaban J connectivity index is 0.00000220. The second kappa shape index (κ2) is 8.78. The van der Waals surface area contributed by atoms with Gasteiger partial charge in [0.1, 0.15) is 15.9 Å². The topological polar surface area (TPSA) is 78.9 Å². The summed E-state index contributed by atoms with van der Waals surface area (Å²) in [7, 11) is -4.45. The van der Waals surface area contributed by atoms with Crippen molar-refractivity contribution in [2.75, 3.05) is 33.0 Å². The Morgan fingerprint density at radius 2 is 1.95 bits per heavy atom. The Hall–Kier alpha value is -0.553. The van der Waals surface area contributed by atoms with E-state index in [1.807, 2.05) is 0 Å². The minimum atomic E-state index is -4.45. The predicted molar refractivity (Wildman–Crippen MR) is 71.5 cm³/mol. The number of ether oxygens (including phenoxy) is 2. The molecule has 1 heterocycles. The average Bonchev–Trinajstić information content (AvgIpc) is 2.91. The third-order valence-electron chi connectivity index (χ3n) is 3.15. The molecule has 2 rings (SSSR count). The van der Waals surface area contributed by atoms with Crippen LogP contribution in [0.3, 0.4) is 0 Å². The van der Waals surface area contributed by atoms with Crippen molar-refractivity contribution in [2.45, 2.75) is 17.7 Å². The molecule has 0 radical (unpaired) electrons. The second-order valence-electron chi connectivity index (χ2n) is 4.65. The summed E-state index contributed by atoms with van der Waals surface area (Å²) in [5, 5.41) is 0. The van der Waals surface area contributed by atoms with E-state index >= 15 is 0 Å². The minimum absolute atomic E-state index is 0. The molecule has 1 aromatic rings. The van der Waals surface area contributed by atoms with Crippen LogP contribution in [0.15, 0.2) is 29.2 Å². The van der Waals surface area contributed by atoms with E-state index < -0.39 is 10.1 Å². The molecule has 1 aliphatic rings. The Bertz CT molecular complexity index is 531. The van der Waals surface area contributed by atoms with Crippen molar-refractivity contribution >= 4 is 10.1 Å². The molecule has 0 saturated carbocycles. The van der Waals surface area contributed by atoms with Crippen molar-refractivity contribution in [1.29, 1.82) is 0 Å². The maximum Gasteiger partial charge on any atom is 1.00 e. The molecule has 0 N–H and O–H groups in total. The van der Waals surface area contributed by atoms with Gasteiger partial charge in [-0.3, -0.25) is 0 Å². The molecule has 0 aromatic heterocycles. The van der Waals surface area contributed by atoms with Crippen molar-refractivity contribution in [3.63, 3.8) is 0 Å². The van der Waals surface area contributed by atoms with Gasteiger partial charge >= 0.3 is 18.9 Å². The number of nitrogens with zero attached hydrogens (tertiary/aromatic N) is 1. The molecule has 8 heteroatoms. The third kappa shape index (κ3) is 6.39. The van der Waals surface area contributed by atoms with Crippen LogP contribution in [0, 0.1) is 0 Å². The van der Waals surface area contributed by atoms with E-state index in [0.29, 0.717) is 12.4 Å². The molecule has 0 atom stereocenters. The average molecular weight is 307 g/mol. The maximum absolute atomic E-state index is 10.9. The SMILES string of the molecule is O=S(=O)([O-])c1cccc(OCOCCN2CCCC2)c1.[Li+]. The first-order chi connectivity index (χ1) is 9.55. The number of rotatable bonds is 7. The third-order valence-corrected chi connectivity index (χ3v) is 3.98. The smallest absolute Gasteiger partial charge is 0.744 e. The van der Waals surface area contributed by atoms with Crippen molar-refractivity contribution in [1.82, 2.24) is 4.90 Å². The maximum atomic E-state index is 10.9.